The third kappa shape index (κ3) is 3.85. The van der Waals surface area contributed by atoms with E-state index < -0.39 is 0 Å². The lowest BCUT2D eigenvalue weighted by molar-refractivity contribution is 0.133. The molecule has 0 radical (unpaired) electrons. The fourth-order valence-corrected chi connectivity index (χ4v) is 3.25. The fourth-order valence-electron chi connectivity index (χ4n) is 3.25. The van der Waals surface area contributed by atoms with Gasteiger partial charge in [-0.15, -0.1) is 0 Å². The van der Waals surface area contributed by atoms with Crippen LogP contribution in [-0.2, 0) is 6.54 Å². The third-order valence-electron chi connectivity index (χ3n) is 4.37. The highest BCUT2D eigenvalue weighted by Crippen LogP contribution is 2.28. The molecule has 0 aromatic heterocycles. The molecule has 2 unspecified atom stereocenters. The van der Waals surface area contributed by atoms with Crippen LogP contribution in [0.1, 0.15) is 43.7 Å². The molecule has 0 spiro atoms. The molecule has 0 saturated heterocycles. The molecule has 2 heteroatoms. The second-order valence-corrected chi connectivity index (χ2v) is 5.86. The Morgan fingerprint density at radius 2 is 2.00 bits per heavy atom. The van der Waals surface area contributed by atoms with E-state index in [9.17, 15) is 0 Å². The minimum Gasteiger partial charge on any atom is -0.384 e. The van der Waals surface area contributed by atoms with Gasteiger partial charge < -0.3 is 5.11 Å². The molecule has 1 saturated carbocycles. The normalized spacial score (nSPS) is 22.4. The maximum absolute atomic E-state index is 8.85. The van der Waals surface area contributed by atoms with Crippen molar-refractivity contribution in [1.82, 2.24) is 4.90 Å². The lowest BCUT2D eigenvalue weighted by atomic mass is 9.85. The molecule has 0 heterocycles. The van der Waals surface area contributed by atoms with Gasteiger partial charge in [0, 0.05) is 18.2 Å². The highest BCUT2D eigenvalue weighted by atomic mass is 16.2. The summed E-state index contributed by atoms with van der Waals surface area (Å²) in [7, 11) is 2.22. The molecule has 1 aromatic carbocycles. The molecule has 1 aromatic rings. The van der Waals surface area contributed by atoms with Gasteiger partial charge in [0.2, 0.25) is 0 Å². The Morgan fingerprint density at radius 1 is 1.25 bits per heavy atom. The number of rotatable bonds is 3. The van der Waals surface area contributed by atoms with Crippen LogP contribution >= 0.6 is 0 Å². The predicted molar refractivity (Wildman–Crippen MR) is 83.3 cm³/mol. The number of aliphatic hydroxyl groups excluding tert-OH is 1. The number of hydrogen-bond acceptors (Lipinski definition) is 2. The topological polar surface area (TPSA) is 23.5 Å². The van der Waals surface area contributed by atoms with Gasteiger partial charge in [-0.3, -0.25) is 4.90 Å². The van der Waals surface area contributed by atoms with E-state index in [0.717, 1.165) is 18.0 Å². The van der Waals surface area contributed by atoms with Gasteiger partial charge >= 0.3 is 0 Å². The van der Waals surface area contributed by atoms with Crippen LogP contribution in [0.25, 0.3) is 0 Å². The molecule has 1 fully saturated rings. The summed E-state index contributed by atoms with van der Waals surface area (Å²) >= 11 is 0. The molecule has 1 aliphatic rings. The molecule has 1 N–H and O–H groups in total. The van der Waals surface area contributed by atoms with Gasteiger partial charge in [0.1, 0.15) is 6.61 Å². The Balaban J connectivity index is 2.09. The number of aliphatic hydroxyl groups is 1. The molecule has 20 heavy (non-hydrogen) atoms. The number of benzene rings is 1. The molecule has 0 aliphatic heterocycles. The van der Waals surface area contributed by atoms with E-state index in [1.54, 1.807) is 0 Å². The highest BCUT2D eigenvalue weighted by Gasteiger charge is 2.25. The molecule has 0 amide bonds. The first-order chi connectivity index (χ1) is 9.72. The van der Waals surface area contributed by atoms with Crippen LogP contribution < -0.4 is 0 Å². The van der Waals surface area contributed by atoms with E-state index in [0.29, 0.717) is 6.04 Å². The molecule has 108 valence electrons. The molecule has 0 bridgehead atoms. The molecule has 2 nitrogen and oxygen atoms in total. The van der Waals surface area contributed by atoms with Gasteiger partial charge in [-0.05, 0) is 37.4 Å². The highest BCUT2D eigenvalue weighted by molar-refractivity contribution is 5.41. The molecule has 2 rings (SSSR count). The van der Waals surface area contributed by atoms with E-state index in [1.807, 2.05) is 12.1 Å². The smallest absolute Gasteiger partial charge is 0.104 e. The molecular formula is C18H25NO. The first-order valence-electron chi connectivity index (χ1n) is 7.60. The van der Waals surface area contributed by atoms with Crippen molar-refractivity contribution in [2.45, 2.75) is 45.2 Å². The minimum absolute atomic E-state index is 0.0795. The molecule has 2 atom stereocenters. The van der Waals surface area contributed by atoms with Gasteiger partial charge in [-0.25, -0.2) is 0 Å². The van der Waals surface area contributed by atoms with Crippen molar-refractivity contribution in [2.75, 3.05) is 13.7 Å². The summed E-state index contributed by atoms with van der Waals surface area (Å²) in [5, 5.41) is 8.85. The van der Waals surface area contributed by atoms with Crippen molar-refractivity contribution < 1.29 is 5.11 Å². The van der Waals surface area contributed by atoms with Crippen LogP contribution in [0.2, 0.25) is 0 Å². The van der Waals surface area contributed by atoms with Gasteiger partial charge in [0.25, 0.3) is 0 Å². The van der Waals surface area contributed by atoms with Gasteiger partial charge in [-0.2, -0.15) is 0 Å². The van der Waals surface area contributed by atoms with E-state index in [1.165, 1.54) is 31.2 Å². The molecular weight excluding hydrogens is 246 g/mol. The quantitative estimate of drug-likeness (QED) is 0.854. The largest absolute Gasteiger partial charge is 0.384 e. The Bertz CT molecular complexity index is 486. The average molecular weight is 271 g/mol. The summed E-state index contributed by atoms with van der Waals surface area (Å²) in [5.41, 5.74) is 2.30. The Kier molecular flexibility index (Phi) is 5.64. The van der Waals surface area contributed by atoms with Crippen molar-refractivity contribution in [2.24, 2.45) is 5.92 Å². The minimum atomic E-state index is -0.0795. The summed E-state index contributed by atoms with van der Waals surface area (Å²) in [6.07, 6.45) is 5.39. The third-order valence-corrected chi connectivity index (χ3v) is 4.37. The van der Waals surface area contributed by atoms with Crippen LogP contribution in [0.3, 0.4) is 0 Å². The zero-order valence-corrected chi connectivity index (χ0v) is 12.6. The van der Waals surface area contributed by atoms with Crippen molar-refractivity contribution in [3.63, 3.8) is 0 Å². The van der Waals surface area contributed by atoms with Gasteiger partial charge in [-0.1, -0.05) is 49.8 Å². The second-order valence-electron chi connectivity index (χ2n) is 5.86. The average Bonchev–Trinajstić information content (AvgIpc) is 2.46. The Labute approximate surface area is 122 Å². The van der Waals surface area contributed by atoms with Crippen LogP contribution in [0.4, 0.5) is 0 Å². The predicted octanol–water partition coefficient (Wildman–Crippen LogP) is 3.04. The summed E-state index contributed by atoms with van der Waals surface area (Å²) in [5.74, 6) is 6.59. The zero-order chi connectivity index (χ0) is 14.4. The summed E-state index contributed by atoms with van der Waals surface area (Å²) < 4.78 is 0. The van der Waals surface area contributed by atoms with Gasteiger partial charge in [0.15, 0.2) is 0 Å². The van der Waals surface area contributed by atoms with Crippen molar-refractivity contribution in [1.29, 1.82) is 0 Å². The maximum atomic E-state index is 8.85. The lowest BCUT2D eigenvalue weighted by Gasteiger charge is -2.36. The standard InChI is InChI=1S/C18H25NO/c1-15-8-3-6-12-18(15)19(2)14-17-10-5-4-9-16(17)11-7-13-20/h4-5,9-10,15,18,20H,3,6,8,12-14H2,1-2H3. The van der Waals surface area contributed by atoms with Crippen molar-refractivity contribution >= 4 is 0 Å². The zero-order valence-electron chi connectivity index (χ0n) is 12.6. The second kappa shape index (κ2) is 7.47. The number of nitrogens with zero attached hydrogens (tertiary/aromatic N) is 1. The summed E-state index contributed by atoms with van der Waals surface area (Å²) in [6.45, 7) is 3.23. The Hall–Kier alpha value is -1.30. The first-order valence-corrected chi connectivity index (χ1v) is 7.60. The van der Waals surface area contributed by atoms with Gasteiger partial charge in [0.05, 0.1) is 0 Å². The monoisotopic (exact) mass is 271 g/mol. The van der Waals surface area contributed by atoms with E-state index in [-0.39, 0.29) is 6.61 Å². The lowest BCUT2D eigenvalue weighted by Crippen LogP contribution is -2.38. The Morgan fingerprint density at radius 3 is 2.75 bits per heavy atom. The molecule has 1 aliphatic carbocycles. The van der Waals surface area contributed by atoms with Crippen molar-refractivity contribution in [3.8, 4) is 11.8 Å². The SMILES string of the molecule is CC1CCCCC1N(C)Cc1ccccc1C#CCO. The first kappa shape index (κ1) is 15.1. The van der Waals surface area contributed by atoms with E-state index >= 15 is 0 Å². The van der Waals surface area contributed by atoms with Crippen LogP contribution in [0.5, 0.6) is 0 Å². The van der Waals surface area contributed by atoms with Crippen LogP contribution in [0.15, 0.2) is 24.3 Å². The maximum Gasteiger partial charge on any atom is 0.104 e. The fraction of sp³-hybridized carbons (Fsp3) is 0.556. The summed E-state index contributed by atoms with van der Waals surface area (Å²) in [6, 6.07) is 8.94. The summed E-state index contributed by atoms with van der Waals surface area (Å²) in [4.78, 5) is 2.48. The van der Waals surface area contributed by atoms with Crippen LogP contribution in [0, 0.1) is 17.8 Å². The van der Waals surface area contributed by atoms with E-state index in [2.05, 4.69) is 42.8 Å². The van der Waals surface area contributed by atoms with E-state index in [4.69, 9.17) is 5.11 Å². The van der Waals surface area contributed by atoms with Crippen LogP contribution in [-0.4, -0.2) is 29.7 Å². The number of hydrogen-bond donors (Lipinski definition) is 1. The van der Waals surface area contributed by atoms with Crippen molar-refractivity contribution in [3.05, 3.63) is 35.4 Å².